The molecule has 0 aliphatic carbocycles. The van der Waals surface area contributed by atoms with E-state index in [2.05, 4.69) is 15.9 Å². The molecule has 0 unspecified atom stereocenters. The van der Waals surface area contributed by atoms with Gasteiger partial charge < -0.3 is 14.2 Å². The van der Waals surface area contributed by atoms with Crippen molar-refractivity contribution in [3.63, 3.8) is 0 Å². The Labute approximate surface area is 148 Å². The standard InChI is InChI=1S/C19H15BrO4/c1-22-15-6-4-13(5-7-15)18-11-14(19(21)24-18)9-12-3-8-17(23-2)16(20)10-12/h3-11H,1-2H3/b14-9-. The molecule has 24 heavy (non-hydrogen) atoms. The van der Waals surface area contributed by atoms with Crippen molar-refractivity contribution < 1.29 is 19.0 Å². The number of ether oxygens (including phenoxy) is 3. The number of cyclic esters (lactones) is 1. The average molecular weight is 387 g/mol. The normalized spacial score (nSPS) is 15.2. The third-order valence-corrected chi connectivity index (χ3v) is 4.22. The Morgan fingerprint density at radius 3 is 2.42 bits per heavy atom. The summed E-state index contributed by atoms with van der Waals surface area (Å²) in [6.07, 6.45) is 3.52. The zero-order valence-corrected chi connectivity index (χ0v) is 14.8. The molecular weight excluding hydrogens is 372 g/mol. The highest BCUT2D eigenvalue weighted by atomic mass is 79.9. The van der Waals surface area contributed by atoms with Crippen LogP contribution in [-0.4, -0.2) is 20.2 Å². The molecule has 3 rings (SSSR count). The van der Waals surface area contributed by atoms with E-state index in [0.717, 1.165) is 27.1 Å². The first-order valence-corrected chi connectivity index (χ1v) is 8.03. The molecule has 0 saturated heterocycles. The van der Waals surface area contributed by atoms with Crippen LogP contribution >= 0.6 is 15.9 Å². The summed E-state index contributed by atoms with van der Waals surface area (Å²) in [5, 5.41) is 0. The van der Waals surface area contributed by atoms with E-state index in [1.54, 1.807) is 26.4 Å². The SMILES string of the molecule is COc1ccc(C2=C/C(=C/c3ccc(OC)c(Br)c3)C(=O)O2)cc1. The summed E-state index contributed by atoms with van der Waals surface area (Å²) >= 11 is 3.44. The van der Waals surface area contributed by atoms with Crippen LogP contribution in [0.5, 0.6) is 11.5 Å². The molecule has 2 aromatic rings. The summed E-state index contributed by atoms with van der Waals surface area (Å²) < 4.78 is 16.5. The van der Waals surface area contributed by atoms with Crippen LogP contribution in [0.2, 0.25) is 0 Å². The summed E-state index contributed by atoms with van der Waals surface area (Å²) in [7, 11) is 3.22. The Morgan fingerprint density at radius 2 is 1.79 bits per heavy atom. The lowest BCUT2D eigenvalue weighted by atomic mass is 10.1. The van der Waals surface area contributed by atoms with Crippen molar-refractivity contribution in [3.05, 3.63) is 69.7 Å². The largest absolute Gasteiger partial charge is 0.497 e. The van der Waals surface area contributed by atoms with Gasteiger partial charge in [0.2, 0.25) is 0 Å². The summed E-state index contributed by atoms with van der Waals surface area (Å²) in [6.45, 7) is 0. The van der Waals surface area contributed by atoms with Gasteiger partial charge in [0.1, 0.15) is 17.3 Å². The molecule has 4 nitrogen and oxygen atoms in total. The Morgan fingerprint density at radius 1 is 1.04 bits per heavy atom. The summed E-state index contributed by atoms with van der Waals surface area (Å²) in [6, 6.07) is 13.0. The van der Waals surface area contributed by atoms with Crippen LogP contribution < -0.4 is 9.47 Å². The number of hydrogen-bond acceptors (Lipinski definition) is 4. The fourth-order valence-electron chi connectivity index (χ4n) is 2.34. The van der Waals surface area contributed by atoms with Gasteiger partial charge in [-0.15, -0.1) is 0 Å². The molecule has 1 heterocycles. The van der Waals surface area contributed by atoms with Crippen molar-refractivity contribution >= 4 is 33.7 Å². The molecule has 5 heteroatoms. The topological polar surface area (TPSA) is 44.8 Å². The van der Waals surface area contributed by atoms with Crippen LogP contribution in [0.1, 0.15) is 11.1 Å². The fraction of sp³-hybridized carbons (Fsp3) is 0.105. The van der Waals surface area contributed by atoms with Gasteiger partial charge in [0.15, 0.2) is 0 Å². The number of esters is 1. The molecule has 0 aromatic heterocycles. The van der Waals surface area contributed by atoms with Gasteiger partial charge in [0.25, 0.3) is 0 Å². The highest BCUT2D eigenvalue weighted by molar-refractivity contribution is 9.10. The number of methoxy groups -OCH3 is 2. The minimum absolute atomic E-state index is 0.368. The highest BCUT2D eigenvalue weighted by Gasteiger charge is 2.22. The van der Waals surface area contributed by atoms with Gasteiger partial charge in [-0.2, -0.15) is 0 Å². The lowest BCUT2D eigenvalue weighted by Gasteiger charge is -2.03. The first-order valence-electron chi connectivity index (χ1n) is 7.24. The van der Waals surface area contributed by atoms with Gasteiger partial charge in [0, 0.05) is 5.56 Å². The molecule has 0 N–H and O–H groups in total. The van der Waals surface area contributed by atoms with E-state index < -0.39 is 0 Å². The lowest BCUT2D eigenvalue weighted by Crippen LogP contribution is -1.97. The Balaban J connectivity index is 1.89. The second kappa shape index (κ2) is 6.93. The van der Waals surface area contributed by atoms with Gasteiger partial charge in [0.05, 0.1) is 24.3 Å². The molecule has 0 atom stereocenters. The van der Waals surface area contributed by atoms with Crippen LogP contribution in [0.15, 0.2) is 58.6 Å². The van der Waals surface area contributed by atoms with Crippen molar-refractivity contribution in [3.8, 4) is 11.5 Å². The first-order chi connectivity index (χ1) is 11.6. The first kappa shape index (κ1) is 16.3. The highest BCUT2D eigenvalue weighted by Crippen LogP contribution is 2.30. The zero-order chi connectivity index (χ0) is 17.1. The molecule has 122 valence electrons. The van der Waals surface area contributed by atoms with E-state index in [-0.39, 0.29) is 5.97 Å². The summed E-state index contributed by atoms with van der Waals surface area (Å²) in [5.74, 6) is 1.65. The smallest absolute Gasteiger partial charge is 0.343 e. The van der Waals surface area contributed by atoms with Crippen LogP contribution in [0, 0.1) is 0 Å². The molecule has 1 aliphatic heterocycles. The van der Waals surface area contributed by atoms with Crippen molar-refractivity contribution in [2.24, 2.45) is 0 Å². The zero-order valence-electron chi connectivity index (χ0n) is 13.2. The number of carbonyl (C=O) groups excluding carboxylic acids is 1. The molecule has 0 spiro atoms. The fourth-order valence-corrected chi connectivity index (χ4v) is 2.90. The second-order valence-electron chi connectivity index (χ2n) is 5.12. The maximum atomic E-state index is 12.1. The molecule has 0 radical (unpaired) electrons. The number of carbonyl (C=O) groups is 1. The maximum Gasteiger partial charge on any atom is 0.343 e. The predicted octanol–water partition coefficient (Wildman–Crippen LogP) is 4.45. The molecule has 0 fully saturated rings. The van der Waals surface area contributed by atoms with Crippen molar-refractivity contribution in [2.75, 3.05) is 14.2 Å². The van der Waals surface area contributed by atoms with E-state index >= 15 is 0 Å². The molecule has 0 saturated carbocycles. The van der Waals surface area contributed by atoms with Crippen LogP contribution in [0.3, 0.4) is 0 Å². The van der Waals surface area contributed by atoms with E-state index in [4.69, 9.17) is 14.2 Å². The number of rotatable bonds is 4. The average Bonchev–Trinajstić information content (AvgIpc) is 2.96. The summed E-state index contributed by atoms with van der Waals surface area (Å²) in [4.78, 5) is 12.1. The van der Waals surface area contributed by atoms with Gasteiger partial charge in [-0.05, 0) is 70.0 Å². The van der Waals surface area contributed by atoms with E-state index in [1.807, 2.05) is 42.5 Å². The maximum absolute atomic E-state index is 12.1. The lowest BCUT2D eigenvalue weighted by molar-refractivity contribution is -0.130. The second-order valence-corrected chi connectivity index (χ2v) is 5.97. The van der Waals surface area contributed by atoms with E-state index in [0.29, 0.717) is 11.3 Å². The number of benzene rings is 2. The van der Waals surface area contributed by atoms with Crippen molar-refractivity contribution in [1.29, 1.82) is 0 Å². The number of hydrogen-bond donors (Lipinski definition) is 0. The van der Waals surface area contributed by atoms with Gasteiger partial charge in [-0.3, -0.25) is 0 Å². The Kier molecular flexibility index (Phi) is 4.71. The monoisotopic (exact) mass is 386 g/mol. The van der Waals surface area contributed by atoms with E-state index in [9.17, 15) is 4.79 Å². The van der Waals surface area contributed by atoms with Gasteiger partial charge in [-0.1, -0.05) is 6.07 Å². The van der Waals surface area contributed by atoms with E-state index in [1.165, 1.54) is 0 Å². The third kappa shape index (κ3) is 3.36. The minimum atomic E-state index is -0.368. The Bertz CT molecular complexity index is 835. The van der Waals surface area contributed by atoms with Gasteiger partial charge >= 0.3 is 5.97 Å². The predicted molar refractivity (Wildman–Crippen MR) is 95.7 cm³/mol. The summed E-state index contributed by atoms with van der Waals surface area (Å²) in [5.41, 5.74) is 2.20. The Hall–Kier alpha value is -2.53. The minimum Gasteiger partial charge on any atom is -0.497 e. The molecular formula is C19H15BrO4. The molecule has 2 aromatic carbocycles. The molecule has 0 amide bonds. The van der Waals surface area contributed by atoms with Crippen LogP contribution in [-0.2, 0) is 9.53 Å². The third-order valence-electron chi connectivity index (χ3n) is 3.60. The van der Waals surface area contributed by atoms with Crippen molar-refractivity contribution in [2.45, 2.75) is 0 Å². The quantitative estimate of drug-likeness (QED) is 0.575. The van der Waals surface area contributed by atoms with Crippen molar-refractivity contribution in [1.82, 2.24) is 0 Å². The van der Waals surface area contributed by atoms with Crippen LogP contribution in [0.25, 0.3) is 11.8 Å². The van der Waals surface area contributed by atoms with Gasteiger partial charge in [-0.25, -0.2) is 4.79 Å². The number of halogens is 1. The molecule has 0 bridgehead atoms. The molecule has 1 aliphatic rings. The van der Waals surface area contributed by atoms with Crippen LogP contribution in [0.4, 0.5) is 0 Å².